The second-order valence-corrected chi connectivity index (χ2v) is 4.94. The van der Waals surface area contributed by atoms with Crippen LogP contribution in [0, 0.1) is 6.92 Å². The van der Waals surface area contributed by atoms with E-state index in [2.05, 4.69) is 15.2 Å². The minimum atomic E-state index is -2.88. The average Bonchev–Trinajstić information content (AvgIpc) is 2.78. The van der Waals surface area contributed by atoms with Gasteiger partial charge in [0.05, 0.1) is 11.7 Å². The van der Waals surface area contributed by atoms with E-state index in [9.17, 15) is 13.6 Å². The van der Waals surface area contributed by atoms with Crippen molar-refractivity contribution in [1.29, 1.82) is 0 Å². The maximum Gasteiger partial charge on any atom is 0.387 e. The fourth-order valence-electron chi connectivity index (χ4n) is 2.19. The molecule has 0 saturated carbocycles. The number of carbonyl (C=O) groups excluding carboxylic acids is 1. The number of rotatable bonds is 5. The van der Waals surface area contributed by atoms with Gasteiger partial charge in [0.2, 0.25) is 0 Å². The molecule has 0 fully saturated rings. The number of amides is 1. The van der Waals surface area contributed by atoms with Gasteiger partial charge in [0.15, 0.2) is 0 Å². The highest BCUT2D eigenvalue weighted by Crippen LogP contribution is 2.18. The third-order valence-corrected chi connectivity index (χ3v) is 3.21. The van der Waals surface area contributed by atoms with Gasteiger partial charge in [-0.15, -0.1) is 0 Å². The number of nitrogens with one attached hydrogen (secondary N) is 1. The van der Waals surface area contributed by atoms with Crippen LogP contribution in [-0.2, 0) is 7.05 Å². The molecule has 1 amide bonds. The highest BCUT2D eigenvalue weighted by molar-refractivity contribution is 5.94. The van der Waals surface area contributed by atoms with Crippen LogP contribution in [0.4, 0.5) is 8.78 Å². The molecule has 0 aliphatic carbocycles. The zero-order valence-corrected chi connectivity index (χ0v) is 12.5. The molecule has 118 valence electrons. The van der Waals surface area contributed by atoms with Crippen molar-refractivity contribution >= 4 is 5.91 Å². The zero-order chi connectivity index (χ0) is 16.3. The fraction of sp³-hybridized carbons (Fsp3) is 0.333. The first-order valence-corrected chi connectivity index (χ1v) is 6.72. The van der Waals surface area contributed by atoms with Crippen molar-refractivity contribution in [3.63, 3.8) is 0 Å². The Morgan fingerprint density at radius 2 is 1.95 bits per heavy atom. The summed E-state index contributed by atoms with van der Waals surface area (Å²) in [5.74, 6) is -0.276. The summed E-state index contributed by atoms with van der Waals surface area (Å²) >= 11 is 0. The third kappa shape index (κ3) is 3.81. The predicted molar refractivity (Wildman–Crippen MR) is 76.9 cm³/mol. The van der Waals surface area contributed by atoms with Gasteiger partial charge >= 0.3 is 6.61 Å². The summed E-state index contributed by atoms with van der Waals surface area (Å²) in [4.78, 5) is 12.2. The smallest absolute Gasteiger partial charge is 0.387 e. The van der Waals surface area contributed by atoms with E-state index in [4.69, 9.17) is 0 Å². The van der Waals surface area contributed by atoms with Crippen LogP contribution in [0.2, 0.25) is 0 Å². The molecule has 22 heavy (non-hydrogen) atoms. The molecular weight excluding hydrogens is 292 g/mol. The summed E-state index contributed by atoms with van der Waals surface area (Å²) in [6.45, 7) is 0.846. The maximum atomic E-state index is 12.2. The van der Waals surface area contributed by atoms with Crippen LogP contribution in [0.1, 0.15) is 34.6 Å². The van der Waals surface area contributed by atoms with Crippen molar-refractivity contribution in [2.24, 2.45) is 7.05 Å². The van der Waals surface area contributed by atoms with Gasteiger partial charge in [-0.2, -0.15) is 13.9 Å². The average molecular weight is 309 g/mol. The van der Waals surface area contributed by atoms with Crippen molar-refractivity contribution in [3.05, 3.63) is 47.3 Å². The minimum absolute atomic E-state index is 0.0164. The lowest BCUT2D eigenvalue weighted by Gasteiger charge is -2.13. The first-order chi connectivity index (χ1) is 10.4. The maximum absolute atomic E-state index is 12.2. The number of carbonyl (C=O) groups is 1. The van der Waals surface area contributed by atoms with Gasteiger partial charge in [0.25, 0.3) is 5.91 Å². The molecule has 0 radical (unpaired) electrons. The molecule has 0 bridgehead atoms. The van der Waals surface area contributed by atoms with Crippen molar-refractivity contribution in [2.45, 2.75) is 26.5 Å². The van der Waals surface area contributed by atoms with E-state index in [0.717, 1.165) is 11.3 Å². The Labute approximate surface area is 126 Å². The molecule has 0 spiro atoms. The van der Waals surface area contributed by atoms with E-state index in [-0.39, 0.29) is 17.7 Å². The molecule has 1 N–H and O–H groups in total. The number of aryl methyl sites for hydroxylation is 2. The zero-order valence-electron chi connectivity index (χ0n) is 12.5. The molecule has 1 aromatic heterocycles. The largest absolute Gasteiger partial charge is 0.435 e. The molecule has 1 unspecified atom stereocenters. The lowest BCUT2D eigenvalue weighted by Crippen LogP contribution is -2.26. The Bertz CT molecular complexity index is 653. The number of alkyl halides is 2. The molecule has 0 aliphatic rings. The second-order valence-electron chi connectivity index (χ2n) is 4.94. The highest BCUT2D eigenvalue weighted by Gasteiger charge is 2.15. The van der Waals surface area contributed by atoms with Crippen LogP contribution >= 0.6 is 0 Å². The molecule has 0 saturated heterocycles. The Kier molecular flexibility index (Phi) is 4.75. The summed E-state index contributed by atoms with van der Waals surface area (Å²) < 4.78 is 30.1. The SMILES string of the molecule is Cc1nn(C)cc1C(C)NC(=O)c1ccc(OC(F)F)cc1. The predicted octanol–water partition coefficient (Wildman–Crippen LogP) is 2.82. The summed E-state index contributed by atoms with van der Waals surface area (Å²) in [7, 11) is 1.81. The first-order valence-electron chi connectivity index (χ1n) is 6.72. The number of nitrogens with zero attached hydrogens (tertiary/aromatic N) is 2. The normalized spacial score (nSPS) is 12.3. The molecule has 0 aliphatic heterocycles. The van der Waals surface area contributed by atoms with E-state index >= 15 is 0 Å². The van der Waals surface area contributed by atoms with Crippen LogP contribution in [0.3, 0.4) is 0 Å². The number of ether oxygens (including phenoxy) is 1. The van der Waals surface area contributed by atoms with Gasteiger partial charge in [-0.1, -0.05) is 0 Å². The Morgan fingerprint density at radius 3 is 2.45 bits per heavy atom. The Morgan fingerprint density at radius 1 is 1.32 bits per heavy atom. The summed E-state index contributed by atoms with van der Waals surface area (Å²) in [5.41, 5.74) is 2.14. The van der Waals surface area contributed by atoms with Crippen LogP contribution < -0.4 is 10.1 Å². The van der Waals surface area contributed by atoms with E-state index in [1.54, 1.807) is 4.68 Å². The molecule has 2 aromatic rings. The van der Waals surface area contributed by atoms with Gasteiger partial charge in [0.1, 0.15) is 5.75 Å². The summed E-state index contributed by atoms with van der Waals surface area (Å²) in [6, 6.07) is 5.34. The van der Waals surface area contributed by atoms with Gasteiger partial charge in [-0.25, -0.2) is 0 Å². The van der Waals surface area contributed by atoms with Crippen molar-refractivity contribution in [2.75, 3.05) is 0 Å². The Balaban J connectivity index is 2.04. The summed E-state index contributed by atoms with van der Waals surface area (Å²) in [6.07, 6.45) is 1.85. The monoisotopic (exact) mass is 309 g/mol. The standard InChI is InChI=1S/C15H17F2N3O2/c1-9(13-8-20(3)19-10(13)2)18-14(21)11-4-6-12(7-5-11)22-15(16)17/h4-9,15H,1-3H3,(H,18,21). The fourth-order valence-corrected chi connectivity index (χ4v) is 2.19. The van der Waals surface area contributed by atoms with Crippen molar-refractivity contribution < 1.29 is 18.3 Å². The van der Waals surface area contributed by atoms with Crippen LogP contribution in [0.5, 0.6) is 5.75 Å². The lowest BCUT2D eigenvalue weighted by molar-refractivity contribution is -0.0498. The van der Waals surface area contributed by atoms with Gasteiger partial charge in [0, 0.05) is 24.4 Å². The van der Waals surface area contributed by atoms with E-state index in [1.165, 1.54) is 24.3 Å². The van der Waals surface area contributed by atoms with Crippen LogP contribution in [0.15, 0.2) is 30.5 Å². The van der Waals surface area contributed by atoms with Crippen LogP contribution in [-0.4, -0.2) is 22.3 Å². The van der Waals surface area contributed by atoms with Crippen LogP contribution in [0.25, 0.3) is 0 Å². The van der Waals surface area contributed by atoms with E-state index in [0.29, 0.717) is 5.56 Å². The number of halogens is 2. The second kappa shape index (κ2) is 6.55. The third-order valence-electron chi connectivity index (χ3n) is 3.21. The van der Waals surface area contributed by atoms with Gasteiger partial charge in [-0.3, -0.25) is 9.48 Å². The minimum Gasteiger partial charge on any atom is -0.435 e. The molecule has 1 atom stereocenters. The molecule has 7 heteroatoms. The number of hydrogen-bond donors (Lipinski definition) is 1. The van der Waals surface area contributed by atoms with E-state index in [1.807, 2.05) is 27.1 Å². The molecule has 1 heterocycles. The van der Waals surface area contributed by atoms with E-state index < -0.39 is 6.61 Å². The molecular formula is C15H17F2N3O2. The van der Waals surface area contributed by atoms with Gasteiger partial charge in [-0.05, 0) is 38.1 Å². The number of aromatic nitrogens is 2. The quantitative estimate of drug-likeness (QED) is 0.924. The lowest BCUT2D eigenvalue weighted by atomic mass is 10.1. The summed E-state index contributed by atoms with van der Waals surface area (Å²) in [5, 5.41) is 7.07. The topological polar surface area (TPSA) is 56.2 Å². The molecule has 1 aromatic carbocycles. The van der Waals surface area contributed by atoms with Crippen molar-refractivity contribution in [1.82, 2.24) is 15.1 Å². The van der Waals surface area contributed by atoms with Gasteiger partial charge < -0.3 is 10.1 Å². The first kappa shape index (κ1) is 15.9. The molecule has 5 nitrogen and oxygen atoms in total. The number of benzene rings is 1. The Hall–Kier alpha value is -2.44. The van der Waals surface area contributed by atoms with Crippen molar-refractivity contribution in [3.8, 4) is 5.75 Å². The molecule has 2 rings (SSSR count). The number of hydrogen-bond acceptors (Lipinski definition) is 3. The highest BCUT2D eigenvalue weighted by atomic mass is 19.3.